The maximum absolute atomic E-state index is 9.24. The van der Waals surface area contributed by atoms with Gasteiger partial charge in [-0.3, -0.25) is 4.99 Å². The number of fused-ring (bicyclic) bond motifs is 1. The summed E-state index contributed by atoms with van der Waals surface area (Å²) in [5.41, 5.74) is 3.26. The van der Waals surface area contributed by atoms with Gasteiger partial charge in [-0.2, -0.15) is 0 Å². The molecule has 0 spiro atoms. The summed E-state index contributed by atoms with van der Waals surface area (Å²) in [4.78, 5) is 4.33. The van der Waals surface area contributed by atoms with E-state index in [-0.39, 0.29) is 24.5 Å². The first-order chi connectivity index (χ1) is 12.3. The Hall–Kier alpha value is -2.17. The summed E-state index contributed by atoms with van der Waals surface area (Å²) in [5.74, 6) is 1.50. The number of allylic oxidation sites excluding steroid dienone is 5. The fourth-order valence-electron chi connectivity index (χ4n) is 3.64. The molecule has 130 valence electrons. The van der Waals surface area contributed by atoms with E-state index in [0.717, 1.165) is 42.8 Å². The number of piperidine rings is 1. The molecule has 1 saturated heterocycles. The molecule has 0 saturated carbocycles. The number of aliphatic imine (C=N–C) groups is 1. The normalized spacial score (nSPS) is 26.0. The van der Waals surface area contributed by atoms with Gasteiger partial charge in [0.05, 0.1) is 12.5 Å². The molecule has 2 heterocycles. The van der Waals surface area contributed by atoms with E-state index in [1.165, 1.54) is 5.57 Å². The van der Waals surface area contributed by atoms with Crippen molar-refractivity contribution in [2.75, 3.05) is 13.1 Å². The Kier molecular flexibility index (Phi) is 4.81. The lowest BCUT2D eigenvalue weighted by Gasteiger charge is -2.32. The summed E-state index contributed by atoms with van der Waals surface area (Å²) in [6.07, 6.45) is 12.8. The lowest BCUT2D eigenvalue weighted by molar-refractivity contribution is 0.0735. The Morgan fingerprint density at radius 3 is 2.72 bits per heavy atom. The Labute approximate surface area is 148 Å². The van der Waals surface area contributed by atoms with Crippen LogP contribution in [0.2, 0.25) is 0 Å². The second-order valence-electron chi connectivity index (χ2n) is 6.83. The summed E-state index contributed by atoms with van der Waals surface area (Å²) < 4.78 is 6.41. The smallest absolute Gasteiger partial charge is 0.106 e. The third-order valence-corrected chi connectivity index (χ3v) is 5.11. The molecule has 2 aliphatic heterocycles. The van der Waals surface area contributed by atoms with Crippen LogP contribution < -0.4 is 5.32 Å². The summed E-state index contributed by atoms with van der Waals surface area (Å²) in [7, 11) is 0. The van der Waals surface area contributed by atoms with Crippen molar-refractivity contribution in [3.05, 3.63) is 65.6 Å². The van der Waals surface area contributed by atoms with Crippen LogP contribution in [0.5, 0.6) is 0 Å². The highest BCUT2D eigenvalue weighted by Crippen LogP contribution is 2.36. The topological polar surface area (TPSA) is 53.9 Å². The van der Waals surface area contributed by atoms with Crippen LogP contribution in [-0.4, -0.2) is 30.5 Å². The second-order valence-corrected chi connectivity index (χ2v) is 6.83. The molecule has 1 aromatic rings. The van der Waals surface area contributed by atoms with Crippen molar-refractivity contribution >= 4 is 11.8 Å². The molecule has 0 aromatic heterocycles. The van der Waals surface area contributed by atoms with Crippen molar-refractivity contribution in [3.63, 3.8) is 0 Å². The van der Waals surface area contributed by atoms with Crippen molar-refractivity contribution in [3.8, 4) is 0 Å². The fourth-order valence-corrected chi connectivity index (χ4v) is 3.64. The van der Waals surface area contributed by atoms with Gasteiger partial charge >= 0.3 is 0 Å². The van der Waals surface area contributed by atoms with Crippen LogP contribution in [0, 0.1) is 11.8 Å². The minimum Gasteiger partial charge on any atom is -0.494 e. The van der Waals surface area contributed by atoms with Gasteiger partial charge in [0.25, 0.3) is 0 Å². The van der Waals surface area contributed by atoms with E-state index in [4.69, 9.17) is 4.74 Å². The Balaban J connectivity index is 1.62. The minimum atomic E-state index is 0.0726. The lowest BCUT2D eigenvalue weighted by Crippen LogP contribution is -2.34. The van der Waals surface area contributed by atoms with Gasteiger partial charge in [-0.05, 0) is 48.7 Å². The number of benzene rings is 1. The number of aliphatic hydroxyl groups is 1. The molecule has 4 heteroatoms. The number of nitrogens with one attached hydrogen (secondary N) is 1. The Morgan fingerprint density at radius 1 is 1.16 bits per heavy atom. The molecule has 1 fully saturated rings. The third kappa shape index (κ3) is 3.60. The Bertz CT molecular complexity index is 725. The zero-order chi connectivity index (χ0) is 17.1. The number of ether oxygens (including phenoxy) is 1. The van der Waals surface area contributed by atoms with Crippen molar-refractivity contribution in [1.29, 1.82) is 0 Å². The van der Waals surface area contributed by atoms with Gasteiger partial charge < -0.3 is 15.2 Å². The molecule has 1 aromatic carbocycles. The first-order valence-electron chi connectivity index (χ1n) is 9.04. The predicted octanol–water partition coefficient (Wildman–Crippen LogP) is 3.06. The molecule has 3 aliphatic rings. The number of hydrogen-bond donors (Lipinski definition) is 2. The Morgan fingerprint density at radius 2 is 1.96 bits per heavy atom. The van der Waals surface area contributed by atoms with Crippen LogP contribution in [0.3, 0.4) is 0 Å². The average molecular weight is 336 g/mol. The van der Waals surface area contributed by atoms with Gasteiger partial charge in [0.1, 0.15) is 11.9 Å². The highest BCUT2D eigenvalue weighted by Gasteiger charge is 2.29. The zero-order valence-electron chi connectivity index (χ0n) is 14.3. The van der Waals surface area contributed by atoms with Crippen molar-refractivity contribution in [2.24, 2.45) is 16.8 Å². The standard InChI is InChI=1S/C21H24N2O2/c24-14-15-1-3-16(4-2-15)18-11-17-5-8-23-13-20(17)21(12-18)25-19-6-9-22-10-7-19/h1-5,8,11-13,17,19-20,22,24H,6-7,9-10,14H2/t17?,20-/m1/s1. The van der Waals surface area contributed by atoms with E-state index in [2.05, 4.69) is 40.7 Å². The van der Waals surface area contributed by atoms with Gasteiger partial charge in [0, 0.05) is 18.3 Å². The molecule has 2 atom stereocenters. The molecule has 2 N–H and O–H groups in total. The van der Waals surface area contributed by atoms with Crippen LogP contribution in [0.25, 0.3) is 5.57 Å². The van der Waals surface area contributed by atoms with Gasteiger partial charge in [-0.25, -0.2) is 0 Å². The van der Waals surface area contributed by atoms with Crippen LogP contribution in [0.4, 0.5) is 0 Å². The SMILES string of the molecule is OCc1ccc(C2=CC3C=CN=C[C@H]3C(OC3CCNCC3)=C2)cc1. The van der Waals surface area contributed by atoms with E-state index < -0.39 is 0 Å². The van der Waals surface area contributed by atoms with Gasteiger partial charge in [0.2, 0.25) is 0 Å². The molecule has 0 radical (unpaired) electrons. The molecule has 1 aliphatic carbocycles. The highest BCUT2D eigenvalue weighted by atomic mass is 16.5. The van der Waals surface area contributed by atoms with Crippen LogP contribution in [-0.2, 0) is 11.3 Å². The summed E-state index contributed by atoms with van der Waals surface area (Å²) >= 11 is 0. The molecule has 0 bridgehead atoms. The predicted molar refractivity (Wildman–Crippen MR) is 100 cm³/mol. The minimum absolute atomic E-state index is 0.0726. The first kappa shape index (κ1) is 16.3. The first-order valence-corrected chi connectivity index (χ1v) is 9.04. The zero-order valence-corrected chi connectivity index (χ0v) is 14.3. The van der Waals surface area contributed by atoms with E-state index in [0.29, 0.717) is 0 Å². The largest absolute Gasteiger partial charge is 0.494 e. The van der Waals surface area contributed by atoms with Crippen LogP contribution in [0.1, 0.15) is 24.0 Å². The fraction of sp³-hybridized carbons (Fsp3) is 0.381. The van der Waals surface area contributed by atoms with E-state index in [1.54, 1.807) is 0 Å². The van der Waals surface area contributed by atoms with E-state index in [1.807, 2.05) is 24.5 Å². The van der Waals surface area contributed by atoms with Crippen molar-refractivity contribution < 1.29 is 9.84 Å². The number of aliphatic hydroxyl groups excluding tert-OH is 1. The van der Waals surface area contributed by atoms with E-state index in [9.17, 15) is 5.11 Å². The van der Waals surface area contributed by atoms with Gasteiger partial charge in [-0.15, -0.1) is 0 Å². The molecule has 4 rings (SSSR count). The van der Waals surface area contributed by atoms with E-state index >= 15 is 0 Å². The maximum atomic E-state index is 9.24. The summed E-state index contributed by atoms with van der Waals surface area (Å²) in [6.45, 7) is 2.11. The molecule has 4 nitrogen and oxygen atoms in total. The molecule has 1 unspecified atom stereocenters. The van der Waals surface area contributed by atoms with Crippen molar-refractivity contribution in [2.45, 2.75) is 25.6 Å². The highest BCUT2D eigenvalue weighted by molar-refractivity contribution is 5.80. The number of nitrogens with zero attached hydrogens (tertiary/aromatic N) is 1. The van der Waals surface area contributed by atoms with Gasteiger partial charge in [-0.1, -0.05) is 36.4 Å². The maximum Gasteiger partial charge on any atom is 0.106 e. The average Bonchev–Trinajstić information content (AvgIpc) is 2.69. The number of rotatable bonds is 4. The van der Waals surface area contributed by atoms with Gasteiger partial charge in [0.15, 0.2) is 0 Å². The lowest BCUT2D eigenvalue weighted by atomic mass is 9.82. The van der Waals surface area contributed by atoms with Crippen LogP contribution in [0.15, 0.2) is 59.4 Å². The quantitative estimate of drug-likeness (QED) is 0.888. The summed E-state index contributed by atoms with van der Waals surface area (Å²) in [5, 5.41) is 12.6. The summed E-state index contributed by atoms with van der Waals surface area (Å²) in [6, 6.07) is 8.08. The molecule has 25 heavy (non-hydrogen) atoms. The second kappa shape index (κ2) is 7.38. The molecular formula is C21H24N2O2. The monoisotopic (exact) mass is 336 g/mol. The number of hydrogen-bond acceptors (Lipinski definition) is 4. The van der Waals surface area contributed by atoms with Crippen LogP contribution >= 0.6 is 0 Å². The molecule has 0 amide bonds. The van der Waals surface area contributed by atoms with Crippen molar-refractivity contribution in [1.82, 2.24) is 5.32 Å². The molecular weight excluding hydrogens is 312 g/mol. The third-order valence-electron chi connectivity index (χ3n) is 5.11.